The van der Waals surface area contributed by atoms with E-state index < -0.39 is 0 Å². The van der Waals surface area contributed by atoms with Crippen molar-refractivity contribution in [2.45, 2.75) is 0 Å². The molecule has 0 saturated heterocycles. The third-order valence-electron chi connectivity index (χ3n) is 3.29. The summed E-state index contributed by atoms with van der Waals surface area (Å²) >= 11 is 0. The largest absolute Gasteiger partial charge is 0.594 e. The van der Waals surface area contributed by atoms with E-state index in [1.165, 1.54) is 0 Å². The van der Waals surface area contributed by atoms with Crippen LogP contribution in [0.3, 0.4) is 0 Å². The number of hydrogen-bond acceptors (Lipinski definition) is 7. The number of nitrogens with zero attached hydrogens (tertiary/aromatic N) is 5. The van der Waals surface area contributed by atoms with Crippen LogP contribution in [0.2, 0.25) is 0 Å². The van der Waals surface area contributed by atoms with Crippen LogP contribution < -0.4 is 14.9 Å². The predicted molar refractivity (Wildman–Crippen MR) is 90.1 cm³/mol. The number of aromatic nitrogens is 4. The molecule has 0 bridgehead atoms. The van der Waals surface area contributed by atoms with E-state index in [1.807, 2.05) is 25.1 Å². The van der Waals surface area contributed by atoms with Gasteiger partial charge in [-0.15, -0.1) is 0 Å². The van der Waals surface area contributed by atoms with Crippen molar-refractivity contribution in [2.24, 2.45) is 0 Å². The molecule has 2 heterocycles. The van der Waals surface area contributed by atoms with Crippen molar-refractivity contribution in [3.63, 3.8) is 0 Å². The van der Waals surface area contributed by atoms with Crippen LogP contribution in [0, 0.1) is 5.21 Å². The van der Waals surface area contributed by atoms with Gasteiger partial charge in [0.1, 0.15) is 17.9 Å². The van der Waals surface area contributed by atoms with Crippen LogP contribution in [0.5, 0.6) is 5.75 Å². The first-order valence-corrected chi connectivity index (χ1v) is 7.48. The highest BCUT2D eigenvalue weighted by Crippen LogP contribution is 2.18. The fourth-order valence-electron chi connectivity index (χ4n) is 2.09. The van der Waals surface area contributed by atoms with Crippen molar-refractivity contribution in [2.75, 3.05) is 32.6 Å². The van der Waals surface area contributed by atoms with Crippen molar-refractivity contribution >= 4 is 22.7 Å². The maximum absolute atomic E-state index is 12.1. The molecule has 0 radical (unpaired) electrons. The molecule has 0 saturated carbocycles. The molecule has 0 amide bonds. The van der Waals surface area contributed by atoms with Crippen molar-refractivity contribution in [3.8, 4) is 5.75 Å². The molecule has 0 atom stereocenters. The average Bonchev–Trinajstić information content (AvgIpc) is 2.55. The summed E-state index contributed by atoms with van der Waals surface area (Å²) < 4.78 is 5.68. The quantitative estimate of drug-likeness (QED) is 0.540. The van der Waals surface area contributed by atoms with Gasteiger partial charge < -0.3 is 20.2 Å². The lowest BCUT2D eigenvalue weighted by molar-refractivity contribution is -0.641. The Morgan fingerprint density at radius 3 is 2.92 bits per heavy atom. The molecule has 1 N–H and O–H groups in total. The third kappa shape index (κ3) is 3.85. The molecule has 24 heavy (non-hydrogen) atoms. The molecule has 3 aromatic rings. The number of hydrogen-bond donors (Lipinski definition) is 1. The smallest absolute Gasteiger partial charge is 0.295 e. The van der Waals surface area contributed by atoms with E-state index in [1.54, 1.807) is 36.7 Å². The average molecular weight is 326 g/mol. The lowest BCUT2D eigenvalue weighted by Gasteiger charge is -2.11. The Morgan fingerprint density at radius 1 is 1.29 bits per heavy atom. The van der Waals surface area contributed by atoms with Crippen molar-refractivity contribution in [1.29, 1.82) is 0 Å². The zero-order chi connectivity index (χ0) is 16.9. The topological polar surface area (TPSA) is 90.1 Å². The van der Waals surface area contributed by atoms with Crippen LogP contribution >= 0.6 is 0 Å². The molecule has 1 aromatic carbocycles. The fraction of sp³-hybridized carbons (Fsp3) is 0.250. The summed E-state index contributed by atoms with van der Waals surface area (Å²) in [5, 5.41) is 18.9. The Labute approximate surface area is 139 Å². The molecule has 0 fully saturated rings. The van der Waals surface area contributed by atoms with Crippen molar-refractivity contribution < 1.29 is 9.58 Å². The molecule has 8 nitrogen and oxygen atoms in total. The molecular formula is C16H18N6O2. The van der Waals surface area contributed by atoms with Crippen LogP contribution in [0.4, 0.5) is 11.6 Å². The lowest BCUT2D eigenvalue weighted by atomic mass is 10.3. The second kappa shape index (κ2) is 7.05. The molecule has 0 spiro atoms. The van der Waals surface area contributed by atoms with E-state index in [0.29, 0.717) is 33.9 Å². The SMILES string of the molecule is CN(C)CCOc1ccc2c(c1)nc(Nc1cccnc1)n[n+]2[O-]. The van der Waals surface area contributed by atoms with E-state index in [-0.39, 0.29) is 5.95 Å². The number of fused-ring (bicyclic) bond motifs is 1. The van der Waals surface area contributed by atoms with E-state index in [9.17, 15) is 5.21 Å². The van der Waals surface area contributed by atoms with Crippen LogP contribution in [-0.2, 0) is 0 Å². The summed E-state index contributed by atoms with van der Waals surface area (Å²) in [4.78, 5) is 11.0. The van der Waals surface area contributed by atoms with Gasteiger partial charge in [0.2, 0.25) is 0 Å². The number of nitrogens with one attached hydrogen (secondary N) is 1. The van der Waals surface area contributed by atoms with Gasteiger partial charge in [0, 0.05) is 24.9 Å². The van der Waals surface area contributed by atoms with Crippen LogP contribution in [0.15, 0.2) is 42.7 Å². The first kappa shape index (κ1) is 15.9. The standard InChI is InChI=1S/C16H18N6O2/c1-21(2)8-9-24-13-5-6-15-14(10-13)19-16(20-22(15)23)18-12-4-3-7-17-11-12/h3-7,10-11H,8-9H2,1-2H3,(H,18,19,20). The third-order valence-corrected chi connectivity index (χ3v) is 3.29. The number of ether oxygens (including phenoxy) is 1. The molecular weight excluding hydrogens is 308 g/mol. The summed E-state index contributed by atoms with van der Waals surface area (Å²) in [6.07, 6.45) is 3.29. The molecule has 0 aliphatic heterocycles. The minimum atomic E-state index is 0.205. The molecule has 124 valence electrons. The maximum atomic E-state index is 12.1. The van der Waals surface area contributed by atoms with Gasteiger partial charge in [-0.05, 0) is 37.1 Å². The Bertz CT molecular complexity index is 825. The van der Waals surface area contributed by atoms with Crippen LogP contribution in [-0.4, -0.2) is 47.2 Å². The number of rotatable bonds is 6. The predicted octanol–water partition coefficient (Wildman–Crippen LogP) is 1.34. The minimum absolute atomic E-state index is 0.205. The molecule has 0 unspecified atom stereocenters. The summed E-state index contributed by atoms with van der Waals surface area (Å²) in [6, 6.07) is 8.72. The van der Waals surface area contributed by atoms with Crippen LogP contribution in [0.25, 0.3) is 11.0 Å². The lowest BCUT2D eigenvalue weighted by Crippen LogP contribution is -2.33. The molecule has 0 aliphatic rings. The highest BCUT2D eigenvalue weighted by molar-refractivity contribution is 5.74. The molecule has 3 rings (SSSR count). The van der Waals surface area contributed by atoms with Gasteiger partial charge in [-0.25, -0.2) is 4.98 Å². The monoisotopic (exact) mass is 326 g/mol. The number of anilines is 2. The van der Waals surface area contributed by atoms with E-state index in [4.69, 9.17) is 4.74 Å². The fourth-order valence-corrected chi connectivity index (χ4v) is 2.09. The highest BCUT2D eigenvalue weighted by atomic mass is 16.5. The van der Waals surface area contributed by atoms with Gasteiger partial charge in [0.05, 0.1) is 17.0 Å². The van der Waals surface area contributed by atoms with E-state index in [0.717, 1.165) is 6.54 Å². The maximum Gasteiger partial charge on any atom is 0.295 e. The summed E-state index contributed by atoms with van der Waals surface area (Å²) in [7, 11) is 3.96. The number of pyridine rings is 1. The van der Waals surface area contributed by atoms with E-state index >= 15 is 0 Å². The Morgan fingerprint density at radius 2 is 2.17 bits per heavy atom. The Kier molecular flexibility index (Phi) is 4.66. The van der Waals surface area contributed by atoms with Gasteiger partial charge in [-0.2, -0.15) is 0 Å². The first-order valence-electron chi connectivity index (χ1n) is 7.48. The summed E-state index contributed by atoms with van der Waals surface area (Å²) in [5.41, 5.74) is 1.59. The molecule has 2 aromatic heterocycles. The van der Waals surface area contributed by atoms with Gasteiger partial charge in [-0.1, -0.05) is 0 Å². The van der Waals surface area contributed by atoms with Crippen molar-refractivity contribution in [3.05, 3.63) is 47.9 Å². The van der Waals surface area contributed by atoms with Gasteiger partial charge in [0.25, 0.3) is 11.5 Å². The van der Waals surface area contributed by atoms with Gasteiger partial charge in [-0.3, -0.25) is 4.98 Å². The highest BCUT2D eigenvalue weighted by Gasteiger charge is 2.12. The molecule has 0 aliphatic carbocycles. The van der Waals surface area contributed by atoms with Crippen molar-refractivity contribution in [1.82, 2.24) is 20.0 Å². The zero-order valence-corrected chi connectivity index (χ0v) is 13.5. The zero-order valence-electron chi connectivity index (χ0n) is 13.5. The summed E-state index contributed by atoms with van der Waals surface area (Å²) in [6.45, 7) is 1.36. The first-order chi connectivity index (χ1) is 11.6. The van der Waals surface area contributed by atoms with Gasteiger partial charge in [0.15, 0.2) is 0 Å². The van der Waals surface area contributed by atoms with Gasteiger partial charge >= 0.3 is 0 Å². The second-order valence-electron chi connectivity index (χ2n) is 5.48. The molecule has 8 heteroatoms. The number of likely N-dealkylation sites (N-methyl/N-ethyl adjacent to an activating group) is 1. The summed E-state index contributed by atoms with van der Waals surface area (Å²) in [5.74, 6) is 0.867. The minimum Gasteiger partial charge on any atom is -0.594 e. The second-order valence-corrected chi connectivity index (χ2v) is 5.48. The Balaban J connectivity index is 1.84. The number of benzene rings is 1. The van der Waals surface area contributed by atoms with E-state index in [2.05, 4.69) is 20.4 Å². The Hall–Kier alpha value is -3.00. The van der Waals surface area contributed by atoms with Crippen LogP contribution in [0.1, 0.15) is 0 Å². The normalized spacial score (nSPS) is 11.0.